The molecule has 3 heterocycles. The van der Waals surface area contributed by atoms with E-state index < -0.39 is 0 Å². The monoisotopic (exact) mass is 358 g/mol. The number of aromatic nitrogens is 2. The fraction of sp³-hybridized carbons (Fsp3) is 0.579. The second-order valence-corrected chi connectivity index (χ2v) is 8.61. The first-order valence-corrected chi connectivity index (χ1v) is 9.88. The lowest BCUT2D eigenvalue weighted by Crippen LogP contribution is -2.41. The molecule has 2 aliphatic rings. The van der Waals surface area contributed by atoms with E-state index in [0.717, 1.165) is 43.9 Å². The molecule has 5 nitrogen and oxygen atoms in total. The first kappa shape index (κ1) is 16.8. The topological polar surface area (TPSA) is 41.4 Å². The van der Waals surface area contributed by atoms with Crippen LogP contribution >= 0.6 is 11.3 Å². The Morgan fingerprint density at radius 3 is 2.76 bits per heavy atom. The normalized spacial score (nSPS) is 21.9. The van der Waals surface area contributed by atoms with Gasteiger partial charge in [-0.25, -0.2) is 4.98 Å². The summed E-state index contributed by atoms with van der Waals surface area (Å²) in [5.41, 5.74) is 2.36. The number of hydrogen-bond acceptors (Lipinski definition) is 4. The van der Waals surface area contributed by atoms with Gasteiger partial charge in [-0.3, -0.25) is 9.69 Å². The number of rotatable bonds is 4. The molecule has 2 aromatic heterocycles. The van der Waals surface area contributed by atoms with Crippen LogP contribution in [-0.4, -0.2) is 51.4 Å². The van der Waals surface area contributed by atoms with Crippen molar-refractivity contribution >= 4 is 17.2 Å². The van der Waals surface area contributed by atoms with Crippen LogP contribution in [0.1, 0.15) is 40.5 Å². The molecule has 134 valence electrons. The lowest BCUT2D eigenvalue weighted by molar-refractivity contribution is 0.0648. The molecule has 1 amide bonds. The summed E-state index contributed by atoms with van der Waals surface area (Å²) in [4.78, 5) is 21.7. The summed E-state index contributed by atoms with van der Waals surface area (Å²) in [6.07, 6.45) is 5.39. The quantitative estimate of drug-likeness (QED) is 0.844. The highest BCUT2D eigenvalue weighted by atomic mass is 32.1. The summed E-state index contributed by atoms with van der Waals surface area (Å²) in [6.45, 7) is 4.74. The molecule has 1 atom stereocenters. The van der Waals surface area contributed by atoms with Crippen molar-refractivity contribution in [3.8, 4) is 0 Å². The van der Waals surface area contributed by atoms with Crippen molar-refractivity contribution in [2.75, 3.05) is 20.1 Å². The van der Waals surface area contributed by atoms with Gasteiger partial charge in [0.1, 0.15) is 10.7 Å². The van der Waals surface area contributed by atoms with Crippen molar-refractivity contribution in [2.45, 2.75) is 38.8 Å². The van der Waals surface area contributed by atoms with Gasteiger partial charge in [-0.1, -0.05) is 0 Å². The van der Waals surface area contributed by atoms with Crippen LogP contribution in [0.4, 0.5) is 0 Å². The Kier molecular flexibility index (Phi) is 4.20. The Balaban J connectivity index is 1.34. The van der Waals surface area contributed by atoms with Crippen LogP contribution < -0.4 is 0 Å². The maximum absolute atomic E-state index is 12.8. The number of thiazole rings is 1. The second kappa shape index (κ2) is 6.25. The third-order valence-corrected chi connectivity index (χ3v) is 6.95. The zero-order valence-corrected chi connectivity index (χ0v) is 16.1. The third-order valence-electron chi connectivity index (χ3n) is 6.19. The average Bonchev–Trinajstić information content (AvgIpc) is 2.92. The van der Waals surface area contributed by atoms with E-state index in [1.165, 1.54) is 11.4 Å². The number of amides is 1. The summed E-state index contributed by atoms with van der Waals surface area (Å²) >= 11 is 1.73. The van der Waals surface area contributed by atoms with Gasteiger partial charge in [0.25, 0.3) is 5.91 Å². The van der Waals surface area contributed by atoms with Crippen LogP contribution in [0.25, 0.3) is 0 Å². The zero-order chi connectivity index (χ0) is 17.6. The highest BCUT2D eigenvalue weighted by Crippen LogP contribution is 2.56. The van der Waals surface area contributed by atoms with E-state index in [2.05, 4.69) is 16.9 Å². The van der Waals surface area contributed by atoms with Gasteiger partial charge in [0, 0.05) is 43.4 Å². The van der Waals surface area contributed by atoms with Gasteiger partial charge in [0.05, 0.1) is 6.54 Å². The molecule has 0 radical (unpaired) electrons. The smallest absolute Gasteiger partial charge is 0.270 e. The molecule has 2 aromatic rings. The van der Waals surface area contributed by atoms with Gasteiger partial charge in [-0.15, -0.1) is 11.3 Å². The summed E-state index contributed by atoms with van der Waals surface area (Å²) in [6, 6.07) is 4.61. The summed E-state index contributed by atoms with van der Waals surface area (Å²) < 4.78 is 1.99. The third kappa shape index (κ3) is 3.02. The second-order valence-electron chi connectivity index (χ2n) is 7.63. The predicted molar refractivity (Wildman–Crippen MR) is 99.7 cm³/mol. The lowest BCUT2D eigenvalue weighted by Gasteiger charge is -2.34. The zero-order valence-electron chi connectivity index (χ0n) is 15.2. The molecule has 25 heavy (non-hydrogen) atoms. The van der Waals surface area contributed by atoms with Crippen LogP contribution in [0.15, 0.2) is 23.7 Å². The molecule has 4 rings (SSSR count). The number of nitrogens with zero attached hydrogens (tertiary/aromatic N) is 4. The minimum absolute atomic E-state index is 0.179. The number of piperidine rings is 1. The number of likely N-dealkylation sites (tertiary alicyclic amines) is 1. The van der Waals surface area contributed by atoms with Crippen LogP contribution in [0.3, 0.4) is 0 Å². The number of carbonyl (C=O) groups excluding carboxylic acids is 1. The summed E-state index contributed by atoms with van der Waals surface area (Å²) in [5.74, 6) is 0.179. The molecule has 0 aromatic carbocycles. The fourth-order valence-corrected chi connectivity index (χ4v) is 4.97. The van der Waals surface area contributed by atoms with E-state index in [4.69, 9.17) is 0 Å². The van der Waals surface area contributed by atoms with Crippen molar-refractivity contribution in [3.63, 3.8) is 0 Å². The molecular weight excluding hydrogens is 332 g/mol. The van der Waals surface area contributed by atoms with Gasteiger partial charge in [-0.05, 0) is 50.8 Å². The lowest BCUT2D eigenvalue weighted by atomic mass is 9.92. The van der Waals surface area contributed by atoms with Crippen LogP contribution in [0.2, 0.25) is 0 Å². The minimum atomic E-state index is 0.179. The van der Waals surface area contributed by atoms with Crippen LogP contribution in [-0.2, 0) is 13.6 Å². The molecule has 1 saturated carbocycles. The Hall–Kier alpha value is -1.66. The van der Waals surface area contributed by atoms with Crippen molar-refractivity contribution in [2.24, 2.45) is 12.5 Å². The molecule has 2 fully saturated rings. The molecule has 0 unspecified atom stereocenters. The van der Waals surface area contributed by atoms with Crippen molar-refractivity contribution in [1.29, 1.82) is 0 Å². The Morgan fingerprint density at radius 1 is 1.40 bits per heavy atom. The standard InChI is InChI=1S/C19H26N4OS/c1-14-4-5-15(22(14)3)18(24)23-9-6-19(7-10-23)12-16(19)21(2)13-17-20-8-11-25-17/h4-5,8,11,16H,6-7,9-10,12-13H2,1-3H3/t16-/m0/s1. The van der Waals surface area contributed by atoms with E-state index in [-0.39, 0.29) is 5.91 Å². The first-order valence-electron chi connectivity index (χ1n) is 9.00. The number of hydrogen-bond donors (Lipinski definition) is 0. The van der Waals surface area contributed by atoms with Crippen molar-refractivity contribution < 1.29 is 4.79 Å². The van der Waals surface area contributed by atoms with Crippen LogP contribution in [0, 0.1) is 12.3 Å². The Morgan fingerprint density at radius 2 is 2.16 bits per heavy atom. The average molecular weight is 359 g/mol. The van der Waals surface area contributed by atoms with E-state index in [1.807, 2.05) is 47.1 Å². The molecule has 6 heteroatoms. The maximum atomic E-state index is 12.8. The molecule has 1 spiro atoms. The Labute approximate surface area is 153 Å². The predicted octanol–water partition coefficient (Wildman–Crippen LogP) is 2.92. The van der Waals surface area contributed by atoms with Gasteiger partial charge >= 0.3 is 0 Å². The highest BCUT2D eigenvalue weighted by molar-refractivity contribution is 7.09. The minimum Gasteiger partial charge on any atom is -0.344 e. The SMILES string of the molecule is Cc1ccc(C(=O)N2CCC3(CC2)C[C@@H]3N(C)Cc2nccs2)n1C. The molecule has 1 aliphatic carbocycles. The summed E-state index contributed by atoms with van der Waals surface area (Å²) in [5, 5.41) is 3.23. The van der Waals surface area contributed by atoms with E-state index in [9.17, 15) is 4.79 Å². The van der Waals surface area contributed by atoms with Gasteiger partial charge in [0.15, 0.2) is 0 Å². The van der Waals surface area contributed by atoms with Gasteiger partial charge < -0.3 is 9.47 Å². The molecule has 0 N–H and O–H groups in total. The molecule has 1 saturated heterocycles. The van der Waals surface area contributed by atoms with Crippen molar-refractivity contribution in [3.05, 3.63) is 40.1 Å². The fourth-order valence-electron chi connectivity index (χ4n) is 4.29. The van der Waals surface area contributed by atoms with E-state index >= 15 is 0 Å². The highest BCUT2D eigenvalue weighted by Gasteiger charge is 2.56. The first-order chi connectivity index (χ1) is 12.0. The van der Waals surface area contributed by atoms with Gasteiger partial charge in [-0.2, -0.15) is 0 Å². The Bertz CT molecular complexity index is 758. The number of aryl methyl sites for hydroxylation is 1. The molecule has 0 bridgehead atoms. The molecular formula is C19H26N4OS. The summed E-state index contributed by atoms with van der Waals surface area (Å²) in [7, 11) is 4.18. The van der Waals surface area contributed by atoms with Crippen LogP contribution in [0.5, 0.6) is 0 Å². The molecule has 1 aliphatic heterocycles. The number of carbonyl (C=O) groups is 1. The van der Waals surface area contributed by atoms with E-state index in [0.29, 0.717) is 11.5 Å². The van der Waals surface area contributed by atoms with Gasteiger partial charge in [0.2, 0.25) is 0 Å². The van der Waals surface area contributed by atoms with Crippen molar-refractivity contribution in [1.82, 2.24) is 19.4 Å². The maximum Gasteiger partial charge on any atom is 0.270 e. The largest absolute Gasteiger partial charge is 0.344 e. The van der Waals surface area contributed by atoms with E-state index in [1.54, 1.807) is 11.3 Å².